The molecule has 0 saturated carbocycles. The lowest BCUT2D eigenvalue weighted by Crippen LogP contribution is -2.38. The number of imidazole rings is 1. The highest BCUT2D eigenvalue weighted by molar-refractivity contribution is 5.78. The van der Waals surface area contributed by atoms with Crippen LogP contribution < -0.4 is 10.9 Å². The molecule has 5 rings (SSSR count). The van der Waals surface area contributed by atoms with Gasteiger partial charge in [0, 0.05) is 13.1 Å². The molecule has 3 aromatic rings. The van der Waals surface area contributed by atoms with Crippen LogP contribution in [0.4, 0.5) is 5.95 Å². The van der Waals surface area contributed by atoms with Crippen LogP contribution in [0, 0.1) is 0 Å². The summed E-state index contributed by atoms with van der Waals surface area (Å²) in [6.07, 6.45) is 4.19. The van der Waals surface area contributed by atoms with E-state index in [1.807, 2.05) is 35.9 Å². The van der Waals surface area contributed by atoms with Crippen LogP contribution in [0.25, 0.3) is 11.0 Å². The van der Waals surface area contributed by atoms with Crippen molar-refractivity contribution in [1.29, 1.82) is 0 Å². The molecule has 1 aliphatic carbocycles. The number of aromatic nitrogens is 4. The summed E-state index contributed by atoms with van der Waals surface area (Å²) < 4.78 is 9.37. The molecule has 7 heteroatoms. The summed E-state index contributed by atoms with van der Waals surface area (Å²) in [6, 6.07) is 9.62. The zero-order chi connectivity index (χ0) is 18.4. The molecule has 0 spiro atoms. The van der Waals surface area contributed by atoms with Crippen molar-refractivity contribution in [2.45, 2.75) is 37.8 Å². The molecule has 1 aromatic carbocycles. The van der Waals surface area contributed by atoms with Crippen LogP contribution in [0.15, 0.2) is 35.1 Å². The van der Waals surface area contributed by atoms with Crippen LogP contribution in [0.5, 0.6) is 0 Å². The van der Waals surface area contributed by atoms with Crippen LogP contribution in [0.1, 0.15) is 30.1 Å². The first-order valence-electron chi connectivity index (χ1n) is 9.58. The third kappa shape index (κ3) is 2.82. The number of fused-ring (bicyclic) bond motifs is 2. The van der Waals surface area contributed by atoms with Crippen LogP contribution in [0.3, 0.4) is 0 Å². The van der Waals surface area contributed by atoms with E-state index >= 15 is 0 Å². The Morgan fingerprint density at radius 1 is 1.19 bits per heavy atom. The first kappa shape index (κ1) is 16.5. The molecule has 0 bridgehead atoms. The van der Waals surface area contributed by atoms with Gasteiger partial charge in [0.15, 0.2) is 0 Å². The SMILES string of the molecule is Cn1c(NC2COCC2n2nc3c(cc2=O)CCCC3)nc2ccccc21. The fourth-order valence-electron chi connectivity index (χ4n) is 4.18. The number of hydrogen-bond donors (Lipinski definition) is 1. The molecule has 2 aliphatic rings. The fourth-order valence-corrected chi connectivity index (χ4v) is 4.18. The van der Waals surface area contributed by atoms with Gasteiger partial charge in [-0.15, -0.1) is 0 Å². The number of nitrogens with one attached hydrogen (secondary N) is 1. The van der Waals surface area contributed by atoms with E-state index < -0.39 is 0 Å². The topological polar surface area (TPSA) is 74.0 Å². The van der Waals surface area contributed by atoms with Gasteiger partial charge in [-0.25, -0.2) is 9.67 Å². The lowest BCUT2D eigenvalue weighted by atomic mass is 9.97. The Morgan fingerprint density at radius 2 is 2.04 bits per heavy atom. The minimum atomic E-state index is -0.135. The average molecular weight is 365 g/mol. The molecule has 0 amide bonds. The van der Waals surface area contributed by atoms with E-state index in [2.05, 4.69) is 10.3 Å². The second-order valence-electron chi connectivity index (χ2n) is 7.44. The van der Waals surface area contributed by atoms with Gasteiger partial charge in [-0.1, -0.05) is 12.1 Å². The minimum absolute atomic E-state index is 0.0389. The second kappa shape index (κ2) is 6.49. The molecule has 7 nitrogen and oxygen atoms in total. The summed E-state index contributed by atoms with van der Waals surface area (Å²) in [4.78, 5) is 17.4. The van der Waals surface area contributed by atoms with Crippen molar-refractivity contribution in [3.05, 3.63) is 51.9 Å². The number of hydrogen-bond acceptors (Lipinski definition) is 5. The Labute approximate surface area is 157 Å². The third-order valence-electron chi connectivity index (χ3n) is 5.70. The van der Waals surface area contributed by atoms with Gasteiger partial charge in [-0.05, 0) is 43.4 Å². The monoisotopic (exact) mass is 365 g/mol. The number of benzene rings is 1. The van der Waals surface area contributed by atoms with Gasteiger partial charge in [-0.2, -0.15) is 5.10 Å². The molecule has 2 aromatic heterocycles. The van der Waals surface area contributed by atoms with Gasteiger partial charge in [0.25, 0.3) is 5.56 Å². The number of aryl methyl sites for hydroxylation is 3. The first-order valence-corrected chi connectivity index (χ1v) is 9.58. The first-order chi connectivity index (χ1) is 13.2. The van der Waals surface area contributed by atoms with E-state index in [0.717, 1.165) is 53.9 Å². The highest BCUT2D eigenvalue weighted by atomic mass is 16.5. The summed E-state index contributed by atoms with van der Waals surface area (Å²) in [5, 5.41) is 8.19. The highest BCUT2D eigenvalue weighted by Crippen LogP contribution is 2.25. The molecule has 1 fully saturated rings. The van der Waals surface area contributed by atoms with Crippen LogP contribution in [-0.4, -0.2) is 38.6 Å². The normalized spacial score (nSPS) is 22.1. The standard InChI is InChI=1S/C20H23N5O2/c1-24-17-9-5-4-8-15(17)21-20(24)22-16-11-27-12-18(16)25-19(26)10-13-6-2-3-7-14(13)23-25/h4-5,8-10,16,18H,2-3,6-7,11-12H2,1H3,(H,21,22). The molecule has 27 heavy (non-hydrogen) atoms. The molecule has 1 saturated heterocycles. The lowest BCUT2D eigenvalue weighted by Gasteiger charge is -2.23. The third-order valence-corrected chi connectivity index (χ3v) is 5.70. The van der Waals surface area contributed by atoms with Crippen molar-refractivity contribution in [2.24, 2.45) is 7.05 Å². The van der Waals surface area contributed by atoms with E-state index in [1.54, 1.807) is 10.7 Å². The van der Waals surface area contributed by atoms with Gasteiger partial charge >= 0.3 is 0 Å². The Morgan fingerprint density at radius 3 is 2.93 bits per heavy atom. The summed E-state index contributed by atoms with van der Waals surface area (Å²) >= 11 is 0. The predicted octanol–water partition coefficient (Wildman–Crippen LogP) is 2.06. The van der Waals surface area contributed by atoms with Gasteiger partial charge in [-0.3, -0.25) is 4.79 Å². The molecule has 3 heterocycles. The largest absolute Gasteiger partial charge is 0.377 e. The maximum atomic E-state index is 12.7. The maximum absolute atomic E-state index is 12.7. The van der Waals surface area contributed by atoms with Gasteiger partial charge in [0.05, 0.1) is 36.0 Å². The van der Waals surface area contributed by atoms with E-state index in [0.29, 0.717) is 13.2 Å². The second-order valence-corrected chi connectivity index (χ2v) is 7.44. The molecular formula is C20H23N5O2. The smallest absolute Gasteiger partial charge is 0.267 e. The summed E-state index contributed by atoms with van der Waals surface area (Å²) in [5.74, 6) is 0.780. The molecule has 2 unspecified atom stereocenters. The minimum Gasteiger partial charge on any atom is -0.377 e. The average Bonchev–Trinajstić information content (AvgIpc) is 3.26. The van der Waals surface area contributed by atoms with Crippen LogP contribution >= 0.6 is 0 Å². The Kier molecular flexibility index (Phi) is 3.97. The quantitative estimate of drug-likeness (QED) is 0.769. The Balaban J connectivity index is 1.47. The molecule has 1 N–H and O–H groups in total. The van der Waals surface area contributed by atoms with Crippen molar-refractivity contribution in [3.8, 4) is 0 Å². The van der Waals surface area contributed by atoms with Crippen molar-refractivity contribution >= 4 is 17.0 Å². The number of para-hydroxylation sites is 2. The molecule has 1 aliphatic heterocycles. The van der Waals surface area contributed by atoms with Gasteiger partial charge in [0.1, 0.15) is 6.04 Å². The highest BCUT2D eigenvalue weighted by Gasteiger charge is 2.33. The van der Waals surface area contributed by atoms with E-state index in [4.69, 9.17) is 9.84 Å². The Bertz CT molecular complexity index is 1050. The summed E-state index contributed by atoms with van der Waals surface area (Å²) in [5.41, 5.74) is 4.15. The summed E-state index contributed by atoms with van der Waals surface area (Å²) in [6.45, 7) is 1.01. The van der Waals surface area contributed by atoms with E-state index in [1.165, 1.54) is 0 Å². The molecule has 2 atom stereocenters. The van der Waals surface area contributed by atoms with Gasteiger partial charge < -0.3 is 14.6 Å². The zero-order valence-electron chi connectivity index (χ0n) is 15.4. The molecule has 0 radical (unpaired) electrons. The van der Waals surface area contributed by atoms with Crippen LogP contribution in [0.2, 0.25) is 0 Å². The zero-order valence-corrected chi connectivity index (χ0v) is 15.4. The number of ether oxygens (including phenoxy) is 1. The van der Waals surface area contributed by atoms with Crippen LogP contribution in [-0.2, 0) is 24.6 Å². The van der Waals surface area contributed by atoms with Crippen molar-refractivity contribution in [2.75, 3.05) is 18.5 Å². The van der Waals surface area contributed by atoms with Gasteiger partial charge in [0.2, 0.25) is 5.95 Å². The number of anilines is 1. The fraction of sp³-hybridized carbons (Fsp3) is 0.450. The van der Waals surface area contributed by atoms with Crippen molar-refractivity contribution in [3.63, 3.8) is 0 Å². The molecular weight excluding hydrogens is 342 g/mol. The number of nitrogens with zero attached hydrogens (tertiary/aromatic N) is 4. The molecule has 140 valence electrons. The van der Waals surface area contributed by atoms with Crippen molar-refractivity contribution < 1.29 is 4.74 Å². The Hall–Kier alpha value is -2.67. The van der Waals surface area contributed by atoms with E-state index in [-0.39, 0.29) is 17.6 Å². The maximum Gasteiger partial charge on any atom is 0.267 e. The lowest BCUT2D eigenvalue weighted by molar-refractivity contribution is 0.182. The van der Waals surface area contributed by atoms with E-state index in [9.17, 15) is 4.79 Å². The predicted molar refractivity (Wildman–Crippen MR) is 103 cm³/mol. The van der Waals surface area contributed by atoms with Crippen molar-refractivity contribution in [1.82, 2.24) is 19.3 Å². The summed E-state index contributed by atoms with van der Waals surface area (Å²) in [7, 11) is 1.99. The number of rotatable bonds is 3.